The maximum Gasteiger partial charge on any atom is 0.273 e. The van der Waals surface area contributed by atoms with Crippen LogP contribution in [-0.4, -0.2) is 71.2 Å². The number of hydrogen-bond donors (Lipinski definition) is 1. The van der Waals surface area contributed by atoms with E-state index in [2.05, 4.69) is 0 Å². The van der Waals surface area contributed by atoms with Crippen LogP contribution in [0, 0.1) is 15.9 Å². The van der Waals surface area contributed by atoms with Gasteiger partial charge in [0.15, 0.2) is 0 Å². The smallest absolute Gasteiger partial charge is 0.273 e. The Bertz CT molecular complexity index is 921. The number of piperazine rings is 1. The van der Waals surface area contributed by atoms with Gasteiger partial charge in [0.25, 0.3) is 11.6 Å². The molecule has 2 aromatic rings. The number of aliphatic hydroxyl groups is 1. The number of β-amino-alcohol motifs (C(OH)–C–C–N with tert-alkyl or cyclic N) is 1. The van der Waals surface area contributed by atoms with Crippen molar-refractivity contribution in [1.82, 2.24) is 9.80 Å². The fraction of sp³-hybridized carbons (Fsp3) is 0.350. The van der Waals surface area contributed by atoms with Crippen molar-refractivity contribution in [3.63, 3.8) is 0 Å². The summed E-state index contributed by atoms with van der Waals surface area (Å²) < 4.78 is 19.4. The summed E-state index contributed by atoms with van der Waals surface area (Å²) in [5.41, 5.74) is -0.0989. The fourth-order valence-electron chi connectivity index (χ4n) is 3.20. The predicted molar refractivity (Wildman–Crippen MR) is 108 cm³/mol. The zero-order valence-electron chi connectivity index (χ0n) is 16.0. The zero-order chi connectivity index (χ0) is 21.7. The predicted octanol–water partition coefficient (Wildman–Crippen LogP) is 2.59. The topological polar surface area (TPSA) is 96.2 Å². The van der Waals surface area contributed by atoms with Crippen molar-refractivity contribution >= 4 is 23.2 Å². The van der Waals surface area contributed by atoms with Crippen LogP contribution in [0.4, 0.5) is 10.1 Å². The van der Waals surface area contributed by atoms with Crippen molar-refractivity contribution in [2.45, 2.75) is 6.10 Å². The van der Waals surface area contributed by atoms with Gasteiger partial charge in [-0.05, 0) is 24.3 Å². The highest BCUT2D eigenvalue weighted by Crippen LogP contribution is 2.20. The molecule has 30 heavy (non-hydrogen) atoms. The van der Waals surface area contributed by atoms with Gasteiger partial charge in [0.1, 0.15) is 24.3 Å². The number of ether oxygens (including phenoxy) is 1. The second kappa shape index (κ2) is 9.84. The molecule has 1 saturated heterocycles. The first kappa shape index (κ1) is 21.9. The Morgan fingerprint density at radius 1 is 1.23 bits per heavy atom. The summed E-state index contributed by atoms with van der Waals surface area (Å²) in [6.45, 7) is 2.16. The molecule has 1 fully saturated rings. The number of halogens is 2. The van der Waals surface area contributed by atoms with Crippen molar-refractivity contribution in [3.8, 4) is 5.75 Å². The van der Waals surface area contributed by atoms with Crippen LogP contribution >= 0.6 is 11.6 Å². The van der Waals surface area contributed by atoms with Crippen LogP contribution in [0.2, 0.25) is 5.02 Å². The highest BCUT2D eigenvalue weighted by Gasteiger charge is 2.25. The van der Waals surface area contributed by atoms with Gasteiger partial charge in [-0.2, -0.15) is 0 Å². The first-order valence-corrected chi connectivity index (χ1v) is 9.73. The average molecular weight is 438 g/mol. The molecule has 0 bridgehead atoms. The van der Waals surface area contributed by atoms with Crippen LogP contribution in [0.15, 0.2) is 42.5 Å². The molecule has 1 heterocycles. The van der Waals surface area contributed by atoms with E-state index >= 15 is 0 Å². The third-order valence-corrected chi connectivity index (χ3v) is 5.00. The molecule has 0 aliphatic carbocycles. The van der Waals surface area contributed by atoms with Gasteiger partial charge in [-0.3, -0.25) is 19.8 Å². The van der Waals surface area contributed by atoms with Gasteiger partial charge in [0, 0.05) is 43.8 Å². The van der Waals surface area contributed by atoms with Crippen LogP contribution in [0.25, 0.3) is 0 Å². The van der Waals surface area contributed by atoms with Gasteiger partial charge in [-0.1, -0.05) is 17.7 Å². The van der Waals surface area contributed by atoms with E-state index in [0.29, 0.717) is 38.5 Å². The first-order chi connectivity index (χ1) is 14.3. The van der Waals surface area contributed by atoms with E-state index in [0.717, 1.165) is 6.07 Å². The maximum absolute atomic E-state index is 14.0. The molecule has 1 aliphatic heterocycles. The molecule has 3 rings (SSSR count). The molecule has 1 amide bonds. The first-order valence-electron chi connectivity index (χ1n) is 9.35. The van der Waals surface area contributed by atoms with E-state index in [1.807, 2.05) is 4.90 Å². The Kier molecular flexibility index (Phi) is 7.20. The lowest BCUT2D eigenvalue weighted by atomic mass is 10.1. The molecule has 2 aromatic carbocycles. The van der Waals surface area contributed by atoms with Crippen molar-refractivity contribution in [3.05, 3.63) is 69.0 Å². The fourth-order valence-corrected chi connectivity index (χ4v) is 3.36. The number of benzene rings is 2. The lowest BCUT2D eigenvalue weighted by Gasteiger charge is -2.35. The summed E-state index contributed by atoms with van der Waals surface area (Å²) in [6, 6.07) is 9.72. The van der Waals surface area contributed by atoms with Gasteiger partial charge in [-0.25, -0.2) is 4.39 Å². The summed E-state index contributed by atoms with van der Waals surface area (Å²) in [5, 5.41) is 21.2. The molecule has 8 nitrogen and oxygen atoms in total. The molecule has 0 saturated carbocycles. The quantitative estimate of drug-likeness (QED) is 0.528. The number of carbonyl (C=O) groups excluding carboxylic acids is 1. The van der Waals surface area contributed by atoms with Crippen LogP contribution < -0.4 is 4.74 Å². The molecule has 1 N–H and O–H groups in total. The van der Waals surface area contributed by atoms with Gasteiger partial charge >= 0.3 is 0 Å². The summed E-state index contributed by atoms with van der Waals surface area (Å²) in [6.07, 6.45) is -0.805. The average Bonchev–Trinajstić information content (AvgIpc) is 2.72. The summed E-state index contributed by atoms with van der Waals surface area (Å²) in [4.78, 5) is 26.3. The van der Waals surface area contributed by atoms with Crippen molar-refractivity contribution in [1.29, 1.82) is 0 Å². The Hall–Kier alpha value is -2.75. The number of nitro benzene ring substituents is 1. The van der Waals surface area contributed by atoms with Crippen LogP contribution in [0.5, 0.6) is 5.75 Å². The monoisotopic (exact) mass is 437 g/mol. The number of rotatable bonds is 7. The summed E-state index contributed by atoms with van der Waals surface area (Å²) in [5.74, 6) is -0.731. The van der Waals surface area contributed by atoms with E-state index < -0.39 is 22.8 Å². The number of carbonyl (C=O) groups is 1. The third-order valence-electron chi connectivity index (χ3n) is 4.76. The highest BCUT2D eigenvalue weighted by atomic mass is 35.5. The maximum atomic E-state index is 14.0. The second-order valence-electron chi connectivity index (χ2n) is 6.94. The summed E-state index contributed by atoms with van der Waals surface area (Å²) >= 11 is 5.73. The van der Waals surface area contributed by atoms with Crippen LogP contribution in [-0.2, 0) is 0 Å². The van der Waals surface area contributed by atoms with Crippen molar-refractivity contribution in [2.75, 3.05) is 39.3 Å². The molecule has 0 spiro atoms. The highest BCUT2D eigenvalue weighted by molar-refractivity contribution is 6.30. The lowest BCUT2D eigenvalue weighted by molar-refractivity contribution is -0.384. The van der Waals surface area contributed by atoms with E-state index in [-0.39, 0.29) is 22.9 Å². The number of nitro groups is 1. The minimum absolute atomic E-state index is 0.0155. The van der Waals surface area contributed by atoms with Crippen molar-refractivity contribution in [2.24, 2.45) is 0 Å². The normalized spacial score (nSPS) is 15.6. The van der Waals surface area contributed by atoms with E-state index in [1.165, 1.54) is 30.3 Å². The molecule has 0 radical (unpaired) electrons. The number of nitrogens with zero attached hydrogens (tertiary/aromatic N) is 3. The SMILES string of the molecule is O=C(c1ccc(Cl)cc1F)N1CCN(CC(O)COc2cccc([N+](=O)[O-])c2)CC1. The van der Waals surface area contributed by atoms with Gasteiger partial charge < -0.3 is 14.7 Å². The van der Waals surface area contributed by atoms with E-state index in [1.54, 1.807) is 11.0 Å². The summed E-state index contributed by atoms with van der Waals surface area (Å²) in [7, 11) is 0. The molecular formula is C20H21ClFN3O5. The Morgan fingerprint density at radius 3 is 2.63 bits per heavy atom. The molecule has 0 aromatic heterocycles. The Morgan fingerprint density at radius 2 is 1.97 bits per heavy atom. The Balaban J connectivity index is 1.45. The van der Waals surface area contributed by atoms with Gasteiger partial charge in [0.2, 0.25) is 0 Å². The van der Waals surface area contributed by atoms with Crippen LogP contribution in [0.1, 0.15) is 10.4 Å². The molecular weight excluding hydrogens is 417 g/mol. The minimum atomic E-state index is -0.805. The number of amides is 1. The molecule has 10 heteroatoms. The minimum Gasteiger partial charge on any atom is -0.491 e. The Labute approximate surface area is 177 Å². The second-order valence-corrected chi connectivity index (χ2v) is 7.37. The molecule has 1 atom stereocenters. The number of aliphatic hydroxyl groups excluding tert-OH is 1. The third kappa shape index (κ3) is 5.65. The largest absolute Gasteiger partial charge is 0.491 e. The number of non-ortho nitro benzene ring substituents is 1. The standard InChI is InChI=1S/C20H21ClFN3O5/c21-14-4-5-18(19(22)10-14)20(27)24-8-6-23(7-9-24)12-16(26)13-30-17-3-1-2-15(11-17)25(28)29/h1-5,10-11,16,26H,6-9,12-13H2. The zero-order valence-corrected chi connectivity index (χ0v) is 16.8. The van der Waals surface area contributed by atoms with Crippen molar-refractivity contribution < 1.29 is 24.0 Å². The van der Waals surface area contributed by atoms with E-state index in [4.69, 9.17) is 16.3 Å². The molecule has 1 aliphatic rings. The van der Waals surface area contributed by atoms with E-state index in [9.17, 15) is 24.4 Å². The lowest BCUT2D eigenvalue weighted by Crippen LogP contribution is -2.51. The molecule has 1 unspecified atom stereocenters. The van der Waals surface area contributed by atoms with Gasteiger partial charge in [-0.15, -0.1) is 0 Å². The van der Waals surface area contributed by atoms with Crippen LogP contribution in [0.3, 0.4) is 0 Å². The number of hydrogen-bond acceptors (Lipinski definition) is 6. The van der Waals surface area contributed by atoms with Gasteiger partial charge in [0.05, 0.1) is 16.6 Å². The molecule has 160 valence electrons.